The number of ether oxygens (including phenoxy) is 2. The number of benzene rings is 9. The van der Waals surface area contributed by atoms with Crippen molar-refractivity contribution in [3.63, 3.8) is 0 Å². The van der Waals surface area contributed by atoms with Crippen molar-refractivity contribution in [3.8, 4) is 11.5 Å². The van der Waals surface area contributed by atoms with Crippen molar-refractivity contribution in [3.05, 3.63) is 181 Å². The Hall–Kier alpha value is -7.70. The highest BCUT2D eigenvalue weighted by molar-refractivity contribution is 6.21. The van der Waals surface area contributed by atoms with Crippen LogP contribution in [0.1, 0.15) is 50.7 Å². The molecule has 0 aliphatic rings. The lowest BCUT2D eigenvalue weighted by Gasteiger charge is -2.27. The van der Waals surface area contributed by atoms with E-state index in [9.17, 15) is 0 Å². The number of hydrogen-bond donors (Lipinski definition) is 0. The molecule has 0 spiro atoms. The van der Waals surface area contributed by atoms with Crippen LogP contribution < -0.4 is 19.3 Å². The van der Waals surface area contributed by atoms with E-state index in [0.717, 1.165) is 111 Å². The van der Waals surface area contributed by atoms with Gasteiger partial charge in [-0.05, 0) is 154 Å². The summed E-state index contributed by atoms with van der Waals surface area (Å²) in [6.07, 6.45) is 0. The highest BCUT2D eigenvalue weighted by Crippen LogP contribution is 2.46. The van der Waals surface area contributed by atoms with Crippen LogP contribution in [0.25, 0.3) is 65.4 Å². The molecule has 0 unspecified atom stereocenters. The van der Waals surface area contributed by atoms with E-state index in [1.807, 2.05) is 24.3 Å². The standard InChI is InChI=1S/C58H48N2O4/c1-35(2)37-15-21-43(22-16-37)59(51-11-7-9-13-53(51)61-5)45-25-19-39-31-49-47-27-28-48-50-32-40-20-26-46(30-42(40)34-56(50)64-58(48)57(47)63-55(49)33-41(39)29-45)60(52-12-8-10-14-54(52)62-6)44-23-17-38(18-24-44)36(3)4/h7-36H,1-6H3. The van der Waals surface area contributed by atoms with Gasteiger partial charge in [-0.25, -0.2) is 0 Å². The number of rotatable bonds is 10. The van der Waals surface area contributed by atoms with E-state index in [0.29, 0.717) is 11.8 Å². The molecule has 0 aliphatic heterocycles. The molecule has 9 aromatic carbocycles. The first kappa shape index (κ1) is 39.2. The summed E-state index contributed by atoms with van der Waals surface area (Å²) < 4.78 is 25.3. The fourth-order valence-corrected chi connectivity index (χ4v) is 9.31. The summed E-state index contributed by atoms with van der Waals surface area (Å²) in [6, 6.07) is 60.3. The Morgan fingerprint density at radius 3 is 1.16 bits per heavy atom. The summed E-state index contributed by atoms with van der Waals surface area (Å²) in [4.78, 5) is 4.52. The molecule has 0 N–H and O–H groups in total. The SMILES string of the molecule is COc1ccccc1N(c1ccc(C(C)C)cc1)c1ccc2cc3c(cc2c1)oc1c3ccc2c3cc4ccc(N(c5ccc(C(C)C)cc5)c5ccccc5OC)cc4cc3oc21. The molecular formula is C58H48N2O4. The summed E-state index contributed by atoms with van der Waals surface area (Å²) in [7, 11) is 3.45. The Balaban J connectivity index is 1.02. The van der Waals surface area contributed by atoms with Crippen molar-refractivity contribution in [2.24, 2.45) is 0 Å². The van der Waals surface area contributed by atoms with Gasteiger partial charge in [0.1, 0.15) is 22.7 Å². The molecule has 11 rings (SSSR count). The van der Waals surface area contributed by atoms with E-state index >= 15 is 0 Å². The molecule has 2 aromatic heterocycles. The predicted octanol–water partition coefficient (Wildman–Crippen LogP) is 17.0. The van der Waals surface area contributed by atoms with Crippen molar-refractivity contribution in [1.82, 2.24) is 0 Å². The van der Waals surface area contributed by atoms with Gasteiger partial charge in [0.25, 0.3) is 0 Å². The number of furan rings is 2. The molecular weight excluding hydrogens is 789 g/mol. The number of nitrogens with zero attached hydrogens (tertiary/aromatic N) is 2. The second-order valence-corrected chi connectivity index (χ2v) is 17.3. The van der Waals surface area contributed by atoms with Crippen LogP contribution in [0.3, 0.4) is 0 Å². The van der Waals surface area contributed by atoms with Crippen molar-refractivity contribution >= 4 is 99.5 Å². The average Bonchev–Trinajstić information content (AvgIpc) is 3.88. The van der Waals surface area contributed by atoms with Gasteiger partial charge in [-0.3, -0.25) is 0 Å². The minimum Gasteiger partial charge on any atom is -0.495 e. The van der Waals surface area contributed by atoms with Crippen molar-refractivity contribution in [2.75, 3.05) is 24.0 Å². The number of fused-ring (bicyclic) bond motifs is 9. The highest BCUT2D eigenvalue weighted by atomic mass is 16.5. The molecule has 314 valence electrons. The topological polar surface area (TPSA) is 51.2 Å². The van der Waals surface area contributed by atoms with Crippen LogP contribution in [0.15, 0.2) is 179 Å². The van der Waals surface area contributed by atoms with E-state index in [2.05, 4.69) is 183 Å². The summed E-state index contributed by atoms with van der Waals surface area (Å²) in [5.41, 5.74) is 11.8. The third-order valence-corrected chi connectivity index (χ3v) is 12.8. The first-order valence-electron chi connectivity index (χ1n) is 22.0. The van der Waals surface area contributed by atoms with Crippen LogP contribution >= 0.6 is 0 Å². The highest BCUT2D eigenvalue weighted by Gasteiger charge is 2.22. The lowest BCUT2D eigenvalue weighted by atomic mass is 10.0. The van der Waals surface area contributed by atoms with Crippen LogP contribution in [-0.4, -0.2) is 14.2 Å². The van der Waals surface area contributed by atoms with E-state index in [4.69, 9.17) is 18.3 Å². The van der Waals surface area contributed by atoms with Gasteiger partial charge in [-0.15, -0.1) is 0 Å². The van der Waals surface area contributed by atoms with Gasteiger partial charge in [-0.2, -0.15) is 0 Å². The quantitative estimate of drug-likeness (QED) is 0.137. The van der Waals surface area contributed by atoms with Gasteiger partial charge in [0, 0.05) is 44.3 Å². The van der Waals surface area contributed by atoms with Crippen LogP contribution in [0.2, 0.25) is 0 Å². The zero-order valence-electron chi connectivity index (χ0n) is 36.8. The van der Waals surface area contributed by atoms with Crippen molar-refractivity contribution < 1.29 is 18.3 Å². The van der Waals surface area contributed by atoms with E-state index in [1.165, 1.54) is 11.1 Å². The number of hydrogen-bond acceptors (Lipinski definition) is 6. The zero-order valence-corrected chi connectivity index (χ0v) is 36.8. The normalized spacial score (nSPS) is 11.9. The minimum absolute atomic E-state index is 0.440. The van der Waals surface area contributed by atoms with Crippen LogP contribution in [-0.2, 0) is 0 Å². The third kappa shape index (κ3) is 6.56. The number of anilines is 6. The Morgan fingerprint density at radius 1 is 0.375 bits per heavy atom. The third-order valence-electron chi connectivity index (χ3n) is 12.8. The Kier molecular flexibility index (Phi) is 9.54. The maximum absolute atomic E-state index is 6.79. The van der Waals surface area contributed by atoms with Gasteiger partial charge in [0.05, 0.1) is 25.6 Å². The minimum atomic E-state index is 0.440. The molecule has 0 bridgehead atoms. The molecule has 0 atom stereocenters. The maximum atomic E-state index is 6.79. The van der Waals surface area contributed by atoms with Crippen LogP contribution in [0.5, 0.6) is 11.5 Å². The first-order valence-corrected chi connectivity index (χ1v) is 22.0. The monoisotopic (exact) mass is 836 g/mol. The van der Waals surface area contributed by atoms with Gasteiger partial charge in [-0.1, -0.05) is 88.4 Å². The molecule has 0 fully saturated rings. The fourth-order valence-electron chi connectivity index (χ4n) is 9.31. The summed E-state index contributed by atoms with van der Waals surface area (Å²) in [5.74, 6) is 2.48. The number of para-hydroxylation sites is 4. The molecule has 6 heteroatoms. The summed E-state index contributed by atoms with van der Waals surface area (Å²) >= 11 is 0. The molecule has 0 saturated carbocycles. The second kappa shape index (κ2) is 15.6. The molecule has 0 amide bonds. The molecule has 0 aliphatic carbocycles. The summed E-state index contributed by atoms with van der Waals surface area (Å²) in [6.45, 7) is 8.88. The number of methoxy groups -OCH3 is 2. The fraction of sp³-hybridized carbons (Fsp3) is 0.138. The van der Waals surface area contributed by atoms with Crippen LogP contribution in [0, 0.1) is 0 Å². The Labute approximate surface area is 372 Å². The Morgan fingerprint density at radius 2 is 0.766 bits per heavy atom. The maximum Gasteiger partial charge on any atom is 0.178 e. The van der Waals surface area contributed by atoms with Crippen molar-refractivity contribution in [2.45, 2.75) is 39.5 Å². The molecule has 0 saturated heterocycles. The van der Waals surface area contributed by atoms with E-state index < -0.39 is 0 Å². The van der Waals surface area contributed by atoms with Gasteiger partial charge < -0.3 is 28.1 Å². The van der Waals surface area contributed by atoms with Crippen LogP contribution in [0.4, 0.5) is 34.1 Å². The average molecular weight is 837 g/mol. The molecule has 11 aromatic rings. The first-order chi connectivity index (χ1) is 31.3. The molecule has 6 nitrogen and oxygen atoms in total. The van der Waals surface area contributed by atoms with Gasteiger partial charge >= 0.3 is 0 Å². The molecule has 64 heavy (non-hydrogen) atoms. The largest absolute Gasteiger partial charge is 0.495 e. The lowest BCUT2D eigenvalue weighted by Crippen LogP contribution is -2.11. The summed E-state index contributed by atoms with van der Waals surface area (Å²) in [5, 5.41) is 8.55. The molecule has 0 radical (unpaired) electrons. The second-order valence-electron chi connectivity index (χ2n) is 17.3. The van der Waals surface area contributed by atoms with Gasteiger partial charge in [0.2, 0.25) is 0 Å². The molecule has 2 heterocycles. The predicted molar refractivity (Wildman–Crippen MR) is 267 cm³/mol. The van der Waals surface area contributed by atoms with E-state index in [-0.39, 0.29) is 0 Å². The lowest BCUT2D eigenvalue weighted by molar-refractivity contribution is 0.416. The van der Waals surface area contributed by atoms with E-state index in [1.54, 1.807) is 14.2 Å². The van der Waals surface area contributed by atoms with Gasteiger partial charge in [0.15, 0.2) is 11.2 Å². The smallest absolute Gasteiger partial charge is 0.178 e. The Bertz CT molecular complexity index is 3310. The zero-order chi connectivity index (χ0) is 43.6. The van der Waals surface area contributed by atoms with Crippen molar-refractivity contribution in [1.29, 1.82) is 0 Å².